The van der Waals surface area contributed by atoms with Crippen LogP contribution in [0.1, 0.15) is 19.4 Å². The minimum atomic E-state index is -4.05. The first kappa shape index (κ1) is 23.4. The zero-order valence-electron chi connectivity index (χ0n) is 16.7. The summed E-state index contributed by atoms with van der Waals surface area (Å²) in [6.07, 6.45) is 0.785. The van der Waals surface area contributed by atoms with Gasteiger partial charge in [0.15, 0.2) is 0 Å². The summed E-state index contributed by atoms with van der Waals surface area (Å²) in [4.78, 5) is 10.3. The molecule has 12 heteroatoms. The molecule has 2 aromatic carbocycles. The fourth-order valence-electron chi connectivity index (χ4n) is 3.17. The number of sulfonamides is 1. The summed E-state index contributed by atoms with van der Waals surface area (Å²) >= 11 is 12.0. The number of nitrogens with one attached hydrogen (secondary N) is 1. The van der Waals surface area contributed by atoms with Crippen molar-refractivity contribution in [1.82, 2.24) is 4.31 Å². The molecule has 166 valence electrons. The maximum atomic E-state index is 13.3. The normalized spacial score (nSPS) is 20.1. The predicted molar refractivity (Wildman–Crippen MR) is 120 cm³/mol. The van der Waals surface area contributed by atoms with Crippen LogP contribution in [0, 0.1) is 10.1 Å². The van der Waals surface area contributed by atoms with Crippen molar-refractivity contribution in [2.75, 3.05) is 18.5 Å². The lowest BCUT2D eigenvalue weighted by atomic mass is 10.2. The second kappa shape index (κ2) is 9.49. The zero-order valence-corrected chi connectivity index (χ0v) is 19.0. The minimum absolute atomic E-state index is 0.0960. The van der Waals surface area contributed by atoms with Gasteiger partial charge in [0, 0.05) is 35.8 Å². The van der Waals surface area contributed by atoms with Crippen LogP contribution in [0.3, 0.4) is 0 Å². The van der Waals surface area contributed by atoms with Crippen molar-refractivity contribution in [3.05, 3.63) is 62.1 Å². The van der Waals surface area contributed by atoms with Crippen LogP contribution >= 0.6 is 23.2 Å². The van der Waals surface area contributed by atoms with Gasteiger partial charge < -0.3 is 4.74 Å². The van der Waals surface area contributed by atoms with Crippen LogP contribution < -0.4 is 5.43 Å². The molecule has 0 spiro atoms. The molecule has 0 aliphatic carbocycles. The van der Waals surface area contributed by atoms with Crippen LogP contribution in [-0.4, -0.2) is 49.2 Å². The van der Waals surface area contributed by atoms with Gasteiger partial charge in [-0.15, -0.1) is 0 Å². The highest BCUT2D eigenvalue weighted by molar-refractivity contribution is 7.89. The van der Waals surface area contributed by atoms with Crippen LogP contribution in [0.15, 0.2) is 46.4 Å². The fourth-order valence-corrected chi connectivity index (χ4v) is 5.38. The highest BCUT2D eigenvalue weighted by Gasteiger charge is 2.34. The van der Waals surface area contributed by atoms with E-state index < -0.39 is 14.9 Å². The first-order valence-corrected chi connectivity index (χ1v) is 11.5. The SMILES string of the molecule is C[C@@H]1CN(S(=O)(=O)c2cc([N+](=O)[O-])ccc2N/N=C\c2ccc(Cl)cc2Cl)C[C@H](C)O1. The van der Waals surface area contributed by atoms with Gasteiger partial charge in [-0.05, 0) is 32.0 Å². The lowest BCUT2D eigenvalue weighted by molar-refractivity contribution is -0.385. The third-order valence-corrected chi connectivity index (χ3v) is 6.97. The topological polar surface area (TPSA) is 114 Å². The van der Waals surface area contributed by atoms with Gasteiger partial charge in [-0.3, -0.25) is 15.5 Å². The average Bonchev–Trinajstić information content (AvgIpc) is 2.68. The molecule has 9 nitrogen and oxygen atoms in total. The van der Waals surface area contributed by atoms with Gasteiger partial charge >= 0.3 is 0 Å². The number of nitro benzene ring substituents is 1. The first-order chi connectivity index (χ1) is 14.6. The summed E-state index contributed by atoms with van der Waals surface area (Å²) in [7, 11) is -4.05. The molecule has 0 unspecified atom stereocenters. The third-order valence-electron chi connectivity index (χ3n) is 4.53. The second-order valence-electron chi connectivity index (χ2n) is 7.05. The van der Waals surface area contributed by atoms with Gasteiger partial charge in [0.25, 0.3) is 5.69 Å². The number of nitro groups is 1. The van der Waals surface area contributed by atoms with E-state index in [1.165, 1.54) is 22.7 Å². The Bertz CT molecular complexity index is 1120. The van der Waals surface area contributed by atoms with E-state index in [-0.39, 0.29) is 41.6 Å². The number of hydrogen-bond acceptors (Lipinski definition) is 7. The standard InChI is InChI=1S/C19H20Cl2N4O5S/c1-12-10-24(11-13(2)30-12)31(28,29)19-8-16(25(26)27)5-6-18(19)23-22-9-14-3-4-15(20)7-17(14)21/h3-9,12-13,23H,10-11H2,1-2H3/b22-9-/t12-,13+. The van der Waals surface area contributed by atoms with Crippen molar-refractivity contribution in [3.8, 4) is 0 Å². The summed E-state index contributed by atoms with van der Waals surface area (Å²) in [6, 6.07) is 8.37. The number of ether oxygens (including phenoxy) is 1. The van der Waals surface area contributed by atoms with E-state index in [1.807, 2.05) is 0 Å². The Kier molecular flexibility index (Phi) is 7.17. The van der Waals surface area contributed by atoms with Crippen molar-refractivity contribution in [2.45, 2.75) is 31.0 Å². The molecule has 1 fully saturated rings. The molecular formula is C19H20Cl2N4O5S. The smallest absolute Gasteiger partial charge is 0.270 e. The molecular weight excluding hydrogens is 467 g/mol. The van der Waals surface area contributed by atoms with E-state index in [0.717, 1.165) is 6.07 Å². The Morgan fingerprint density at radius 3 is 2.48 bits per heavy atom. The van der Waals surface area contributed by atoms with Gasteiger partial charge in [0.05, 0.1) is 34.1 Å². The molecule has 2 aromatic rings. The van der Waals surface area contributed by atoms with Crippen molar-refractivity contribution in [3.63, 3.8) is 0 Å². The number of rotatable bonds is 6. The summed E-state index contributed by atoms with van der Waals surface area (Å²) in [5, 5.41) is 16.1. The predicted octanol–water partition coefficient (Wildman–Crippen LogP) is 4.15. The quantitative estimate of drug-likeness (QED) is 0.372. The third kappa shape index (κ3) is 5.52. The van der Waals surface area contributed by atoms with Crippen LogP contribution in [0.4, 0.5) is 11.4 Å². The summed E-state index contributed by atoms with van der Waals surface area (Å²) in [5.41, 5.74) is 2.96. The van der Waals surface area contributed by atoms with Crippen molar-refractivity contribution >= 4 is 50.8 Å². The number of non-ortho nitro benzene ring substituents is 1. The summed E-state index contributed by atoms with van der Waals surface area (Å²) < 4.78 is 33.5. The molecule has 3 rings (SSSR count). The molecule has 1 saturated heterocycles. The highest BCUT2D eigenvalue weighted by Crippen LogP contribution is 2.31. The van der Waals surface area contributed by atoms with Crippen LogP contribution in [-0.2, 0) is 14.8 Å². The summed E-state index contributed by atoms with van der Waals surface area (Å²) in [6.45, 7) is 3.81. The number of halogens is 2. The van der Waals surface area contributed by atoms with Crippen LogP contribution in [0.25, 0.3) is 0 Å². The molecule has 0 saturated carbocycles. The summed E-state index contributed by atoms with van der Waals surface area (Å²) in [5.74, 6) is 0. The Labute approximate surface area is 189 Å². The van der Waals surface area contributed by atoms with Gasteiger partial charge in [-0.2, -0.15) is 9.41 Å². The number of anilines is 1. The Morgan fingerprint density at radius 1 is 1.19 bits per heavy atom. The number of nitrogens with zero attached hydrogens (tertiary/aromatic N) is 3. The maximum Gasteiger partial charge on any atom is 0.270 e. The molecule has 2 atom stereocenters. The first-order valence-electron chi connectivity index (χ1n) is 9.26. The van der Waals surface area contributed by atoms with Gasteiger partial charge in [-0.1, -0.05) is 29.3 Å². The zero-order chi connectivity index (χ0) is 22.8. The lowest BCUT2D eigenvalue weighted by Crippen LogP contribution is -2.48. The van der Waals surface area contributed by atoms with E-state index in [9.17, 15) is 18.5 Å². The minimum Gasteiger partial charge on any atom is -0.373 e. The molecule has 0 amide bonds. The molecule has 0 aromatic heterocycles. The van der Waals surface area contributed by atoms with E-state index >= 15 is 0 Å². The number of benzene rings is 2. The van der Waals surface area contributed by atoms with Crippen LogP contribution in [0.5, 0.6) is 0 Å². The van der Waals surface area contributed by atoms with Gasteiger partial charge in [0.2, 0.25) is 10.0 Å². The average molecular weight is 487 g/mol. The Morgan fingerprint density at radius 2 is 1.87 bits per heavy atom. The fraction of sp³-hybridized carbons (Fsp3) is 0.316. The lowest BCUT2D eigenvalue weighted by Gasteiger charge is -2.34. The monoisotopic (exact) mass is 486 g/mol. The molecule has 1 aliphatic rings. The molecule has 1 aliphatic heterocycles. The van der Waals surface area contributed by atoms with Crippen molar-refractivity contribution < 1.29 is 18.1 Å². The largest absolute Gasteiger partial charge is 0.373 e. The maximum absolute atomic E-state index is 13.3. The second-order valence-corrected chi connectivity index (χ2v) is 9.80. The number of hydrogen-bond donors (Lipinski definition) is 1. The van der Waals surface area contributed by atoms with E-state index in [2.05, 4.69) is 10.5 Å². The van der Waals surface area contributed by atoms with Gasteiger partial charge in [-0.25, -0.2) is 8.42 Å². The Balaban J connectivity index is 1.95. The number of morpholine rings is 1. The molecule has 31 heavy (non-hydrogen) atoms. The highest BCUT2D eigenvalue weighted by atomic mass is 35.5. The van der Waals surface area contributed by atoms with Crippen molar-refractivity contribution in [1.29, 1.82) is 0 Å². The van der Waals surface area contributed by atoms with E-state index in [0.29, 0.717) is 15.6 Å². The number of hydrazone groups is 1. The molecule has 0 bridgehead atoms. The van der Waals surface area contributed by atoms with E-state index in [4.69, 9.17) is 27.9 Å². The molecule has 1 heterocycles. The molecule has 1 N–H and O–H groups in total. The van der Waals surface area contributed by atoms with Crippen molar-refractivity contribution in [2.24, 2.45) is 5.10 Å². The van der Waals surface area contributed by atoms with E-state index in [1.54, 1.807) is 32.0 Å². The van der Waals surface area contributed by atoms with Crippen LogP contribution in [0.2, 0.25) is 10.0 Å². The van der Waals surface area contributed by atoms with Gasteiger partial charge in [0.1, 0.15) is 4.90 Å². The Hall–Kier alpha value is -2.24. The molecule has 0 radical (unpaired) electrons.